The lowest BCUT2D eigenvalue weighted by Crippen LogP contribution is -2.61. The Morgan fingerprint density at radius 2 is 2.10 bits per heavy atom. The standard InChI is InChI=1S/C14H27N5O/c1-5-15-12(10-13-16-11-17-18(13)4)14(2,3)19-6-8-20-9-7-19/h11-12,15H,5-10H2,1-4H3. The van der Waals surface area contributed by atoms with Gasteiger partial charge in [-0.3, -0.25) is 9.58 Å². The van der Waals surface area contributed by atoms with Gasteiger partial charge in [0.15, 0.2) is 0 Å². The predicted octanol–water partition coefficient (Wildman–Crippen LogP) is 0.447. The number of hydrogen-bond acceptors (Lipinski definition) is 5. The van der Waals surface area contributed by atoms with Gasteiger partial charge in [0, 0.05) is 38.1 Å². The molecule has 2 rings (SSSR count). The Balaban J connectivity index is 2.11. The monoisotopic (exact) mass is 281 g/mol. The topological polar surface area (TPSA) is 55.2 Å². The fourth-order valence-corrected chi connectivity index (χ4v) is 2.87. The van der Waals surface area contributed by atoms with Crippen molar-refractivity contribution in [1.82, 2.24) is 25.0 Å². The van der Waals surface area contributed by atoms with E-state index >= 15 is 0 Å². The fraction of sp³-hybridized carbons (Fsp3) is 0.857. The largest absolute Gasteiger partial charge is 0.379 e. The maximum atomic E-state index is 5.47. The number of aryl methyl sites for hydroxylation is 1. The molecule has 0 aliphatic carbocycles. The minimum absolute atomic E-state index is 0.0613. The summed E-state index contributed by atoms with van der Waals surface area (Å²) >= 11 is 0. The van der Waals surface area contributed by atoms with E-state index in [4.69, 9.17) is 4.74 Å². The number of aromatic nitrogens is 3. The van der Waals surface area contributed by atoms with E-state index in [9.17, 15) is 0 Å². The van der Waals surface area contributed by atoms with E-state index in [1.54, 1.807) is 6.33 Å². The lowest BCUT2D eigenvalue weighted by molar-refractivity contribution is -0.0233. The lowest BCUT2D eigenvalue weighted by atomic mass is 9.89. The molecule has 0 spiro atoms. The van der Waals surface area contributed by atoms with E-state index in [1.807, 2.05) is 11.7 Å². The maximum Gasteiger partial charge on any atom is 0.138 e. The second-order valence-corrected chi connectivity index (χ2v) is 5.87. The molecular formula is C14H27N5O. The molecule has 2 heterocycles. The van der Waals surface area contributed by atoms with Crippen molar-refractivity contribution in [2.45, 2.75) is 38.8 Å². The third kappa shape index (κ3) is 3.37. The minimum Gasteiger partial charge on any atom is -0.379 e. The van der Waals surface area contributed by atoms with E-state index in [0.29, 0.717) is 6.04 Å². The first-order valence-corrected chi connectivity index (χ1v) is 7.44. The van der Waals surface area contributed by atoms with Crippen molar-refractivity contribution in [3.05, 3.63) is 12.2 Å². The van der Waals surface area contributed by atoms with Crippen LogP contribution in [0, 0.1) is 0 Å². The smallest absolute Gasteiger partial charge is 0.138 e. The summed E-state index contributed by atoms with van der Waals surface area (Å²) in [6.45, 7) is 11.4. The van der Waals surface area contributed by atoms with E-state index in [-0.39, 0.29) is 5.54 Å². The van der Waals surface area contributed by atoms with Crippen LogP contribution in [0.15, 0.2) is 6.33 Å². The molecule has 1 saturated heterocycles. The van der Waals surface area contributed by atoms with Gasteiger partial charge in [-0.25, -0.2) is 4.98 Å². The number of rotatable bonds is 6. The summed E-state index contributed by atoms with van der Waals surface area (Å²) in [7, 11) is 1.95. The average Bonchev–Trinajstić information content (AvgIpc) is 2.85. The van der Waals surface area contributed by atoms with Gasteiger partial charge in [-0.05, 0) is 20.4 Å². The Hall–Kier alpha value is -0.980. The summed E-state index contributed by atoms with van der Waals surface area (Å²) in [6.07, 6.45) is 2.51. The summed E-state index contributed by atoms with van der Waals surface area (Å²) in [4.78, 5) is 6.88. The van der Waals surface area contributed by atoms with E-state index < -0.39 is 0 Å². The van der Waals surface area contributed by atoms with Gasteiger partial charge < -0.3 is 10.1 Å². The van der Waals surface area contributed by atoms with E-state index in [1.165, 1.54) is 0 Å². The van der Waals surface area contributed by atoms with Crippen molar-refractivity contribution < 1.29 is 4.74 Å². The third-order valence-electron chi connectivity index (χ3n) is 4.32. The molecule has 6 heteroatoms. The Morgan fingerprint density at radius 1 is 1.40 bits per heavy atom. The van der Waals surface area contributed by atoms with Crippen LogP contribution in [0.4, 0.5) is 0 Å². The number of nitrogens with zero attached hydrogens (tertiary/aromatic N) is 4. The first kappa shape index (κ1) is 15.4. The highest BCUT2D eigenvalue weighted by molar-refractivity contribution is 5.00. The summed E-state index contributed by atoms with van der Waals surface area (Å²) in [5, 5.41) is 7.79. The van der Waals surface area contributed by atoms with Crippen LogP contribution in [0.25, 0.3) is 0 Å². The molecule has 1 aromatic heterocycles. The van der Waals surface area contributed by atoms with E-state index in [2.05, 4.69) is 41.1 Å². The molecule has 1 atom stereocenters. The molecular weight excluding hydrogens is 254 g/mol. The van der Waals surface area contributed by atoms with Crippen molar-refractivity contribution in [3.63, 3.8) is 0 Å². The molecule has 1 unspecified atom stereocenters. The molecule has 20 heavy (non-hydrogen) atoms. The molecule has 1 aromatic rings. The van der Waals surface area contributed by atoms with Crippen molar-refractivity contribution >= 4 is 0 Å². The van der Waals surface area contributed by atoms with Crippen molar-refractivity contribution in [2.75, 3.05) is 32.8 Å². The molecule has 1 aliphatic rings. The van der Waals surface area contributed by atoms with Crippen LogP contribution >= 0.6 is 0 Å². The molecule has 1 aliphatic heterocycles. The van der Waals surface area contributed by atoms with Crippen LogP contribution in [0.2, 0.25) is 0 Å². The first-order chi connectivity index (χ1) is 9.55. The van der Waals surface area contributed by atoms with Gasteiger partial charge in [0.2, 0.25) is 0 Å². The number of hydrogen-bond donors (Lipinski definition) is 1. The molecule has 1 fully saturated rings. The second-order valence-electron chi connectivity index (χ2n) is 5.87. The summed E-state index contributed by atoms with van der Waals surface area (Å²) in [5.41, 5.74) is 0.0613. The molecule has 114 valence electrons. The zero-order valence-corrected chi connectivity index (χ0v) is 13.1. The second kappa shape index (κ2) is 6.65. The maximum absolute atomic E-state index is 5.47. The highest BCUT2D eigenvalue weighted by Gasteiger charge is 2.36. The van der Waals surface area contributed by atoms with Gasteiger partial charge in [-0.1, -0.05) is 6.92 Å². The summed E-state index contributed by atoms with van der Waals surface area (Å²) < 4.78 is 7.33. The quantitative estimate of drug-likeness (QED) is 0.820. The summed E-state index contributed by atoms with van der Waals surface area (Å²) in [6, 6.07) is 0.341. The molecule has 0 bridgehead atoms. The SMILES string of the molecule is CCNC(Cc1ncnn1C)C(C)(C)N1CCOCC1. The highest BCUT2D eigenvalue weighted by atomic mass is 16.5. The normalized spacial score (nSPS) is 19.2. The van der Waals surface area contributed by atoms with Crippen LogP contribution in [0.1, 0.15) is 26.6 Å². The van der Waals surface area contributed by atoms with Gasteiger partial charge in [0.25, 0.3) is 0 Å². The van der Waals surface area contributed by atoms with Gasteiger partial charge in [0.05, 0.1) is 13.2 Å². The average molecular weight is 281 g/mol. The Bertz CT molecular complexity index is 411. The lowest BCUT2D eigenvalue weighted by Gasteiger charge is -2.46. The Morgan fingerprint density at radius 3 is 2.65 bits per heavy atom. The summed E-state index contributed by atoms with van der Waals surface area (Å²) in [5.74, 6) is 1.03. The molecule has 0 amide bonds. The molecule has 1 N–H and O–H groups in total. The number of likely N-dealkylation sites (N-methyl/N-ethyl adjacent to an activating group) is 1. The zero-order valence-electron chi connectivity index (χ0n) is 13.1. The highest BCUT2D eigenvalue weighted by Crippen LogP contribution is 2.22. The Labute approximate surface area is 121 Å². The number of morpholine rings is 1. The van der Waals surface area contributed by atoms with Crippen LogP contribution in [-0.4, -0.2) is 64.1 Å². The number of nitrogens with one attached hydrogen (secondary N) is 1. The van der Waals surface area contributed by atoms with Gasteiger partial charge >= 0.3 is 0 Å². The zero-order chi connectivity index (χ0) is 14.6. The van der Waals surface area contributed by atoms with Crippen LogP contribution in [0.5, 0.6) is 0 Å². The predicted molar refractivity (Wildman–Crippen MR) is 78.6 cm³/mol. The molecule has 0 aromatic carbocycles. The van der Waals surface area contributed by atoms with E-state index in [0.717, 1.165) is 45.1 Å². The van der Waals surface area contributed by atoms with Crippen molar-refractivity contribution in [3.8, 4) is 0 Å². The first-order valence-electron chi connectivity index (χ1n) is 7.44. The third-order valence-corrected chi connectivity index (χ3v) is 4.32. The fourth-order valence-electron chi connectivity index (χ4n) is 2.87. The number of ether oxygens (including phenoxy) is 1. The minimum atomic E-state index is 0.0613. The van der Waals surface area contributed by atoms with Crippen LogP contribution in [0.3, 0.4) is 0 Å². The van der Waals surface area contributed by atoms with Gasteiger partial charge in [-0.15, -0.1) is 0 Å². The van der Waals surface area contributed by atoms with Crippen LogP contribution in [-0.2, 0) is 18.2 Å². The van der Waals surface area contributed by atoms with Crippen LogP contribution < -0.4 is 5.32 Å². The van der Waals surface area contributed by atoms with Gasteiger partial charge in [-0.2, -0.15) is 5.10 Å². The van der Waals surface area contributed by atoms with Crippen molar-refractivity contribution in [2.24, 2.45) is 7.05 Å². The molecule has 0 radical (unpaired) electrons. The Kier molecular flexibility index (Phi) is 5.12. The molecule has 0 saturated carbocycles. The van der Waals surface area contributed by atoms with Crippen molar-refractivity contribution in [1.29, 1.82) is 0 Å². The molecule has 6 nitrogen and oxygen atoms in total. The van der Waals surface area contributed by atoms with Gasteiger partial charge in [0.1, 0.15) is 12.2 Å².